The Morgan fingerprint density at radius 2 is 1.84 bits per heavy atom. The van der Waals surface area contributed by atoms with Gasteiger partial charge in [0, 0.05) is 28.6 Å². The standard InChI is InChI=1S/C24H22N6OS/c1-15-20(12-17-8-5-4-6-9-17)22(26-16(2)25-15)27-23-28-24-30(29-23)21(14-32-24)18-10-7-11-19(13-18)31-3/h4-11,13-14H,12H2,1-3H3,(H,25,26,27,29). The highest BCUT2D eigenvalue weighted by atomic mass is 32.1. The Hall–Kier alpha value is -3.78. The zero-order valence-corrected chi connectivity index (χ0v) is 18.8. The fourth-order valence-corrected chi connectivity index (χ4v) is 4.50. The Balaban J connectivity index is 1.50. The Morgan fingerprint density at radius 1 is 1.00 bits per heavy atom. The van der Waals surface area contributed by atoms with Gasteiger partial charge in [-0.1, -0.05) is 42.5 Å². The van der Waals surface area contributed by atoms with E-state index in [9.17, 15) is 0 Å². The first kappa shape index (κ1) is 20.1. The van der Waals surface area contributed by atoms with Crippen LogP contribution in [0.25, 0.3) is 16.2 Å². The molecule has 5 rings (SSSR count). The Morgan fingerprint density at radius 3 is 2.66 bits per heavy atom. The van der Waals surface area contributed by atoms with E-state index in [0.29, 0.717) is 11.8 Å². The molecule has 0 amide bonds. The highest BCUT2D eigenvalue weighted by Gasteiger charge is 2.16. The maximum atomic E-state index is 5.37. The van der Waals surface area contributed by atoms with Crippen LogP contribution >= 0.6 is 11.3 Å². The molecule has 0 spiro atoms. The SMILES string of the molecule is COc1cccc(-c2csc3nc(Nc4nc(C)nc(C)c4Cc4ccccc4)nn23)c1. The molecule has 160 valence electrons. The van der Waals surface area contributed by atoms with Crippen molar-refractivity contribution >= 4 is 28.1 Å². The number of nitrogens with one attached hydrogen (secondary N) is 1. The lowest BCUT2D eigenvalue weighted by atomic mass is 10.0. The van der Waals surface area contributed by atoms with E-state index >= 15 is 0 Å². The number of methoxy groups -OCH3 is 1. The largest absolute Gasteiger partial charge is 0.497 e. The van der Waals surface area contributed by atoms with Gasteiger partial charge in [-0.3, -0.25) is 0 Å². The second-order valence-electron chi connectivity index (χ2n) is 7.45. The second kappa shape index (κ2) is 8.39. The molecule has 1 N–H and O–H groups in total. The topological polar surface area (TPSA) is 77.2 Å². The average molecular weight is 443 g/mol. The number of fused-ring (bicyclic) bond motifs is 1. The molecule has 5 aromatic rings. The third kappa shape index (κ3) is 3.92. The number of anilines is 2. The number of benzene rings is 2. The van der Waals surface area contributed by atoms with E-state index in [1.54, 1.807) is 18.4 Å². The van der Waals surface area contributed by atoms with Crippen molar-refractivity contribution in [2.24, 2.45) is 0 Å². The van der Waals surface area contributed by atoms with Gasteiger partial charge < -0.3 is 10.1 Å². The van der Waals surface area contributed by atoms with Crippen LogP contribution in [0.4, 0.5) is 11.8 Å². The van der Waals surface area contributed by atoms with Crippen molar-refractivity contribution in [1.82, 2.24) is 24.6 Å². The molecular formula is C24H22N6OS. The molecule has 3 heterocycles. The van der Waals surface area contributed by atoms with Crippen LogP contribution in [0, 0.1) is 13.8 Å². The van der Waals surface area contributed by atoms with E-state index in [0.717, 1.165) is 45.5 Å². The molecule has 0 aliphatic heterocycles. The van der Waals surface area contributed by atoms with Crippen LogP contribution in [0.15, 0.2) is 60.0 Å². The Kier molecular flexibility index (Phi) is 5.28. The maximum absolute atomic E-state index is 5.37. The van der Waals surface area contributed by atoms with E-state index in [2.05, 4.69) is 32.4 Å². The molecule has 0 radical (unpaired) electrons. The van der Waals surface area contributed by atoms with Crippen molar-refractivity contribution in [2.45, 2.75) is 20.3 Å². The molecule has 0 aliphatic carbocycles. The summed E-state index contributed by atoms with van der Waals surface area (Å²) in [4.78, 5) is 14.7. The minimum atomic E-state index is 0.507. The van der Waals surface area contributed by atoms with Crippen molar-refractivity contribution in [1.29, 1.82) is 0 Å². The lowest BCUT2D eigenvalue weighted by Gasteiger charge is -2.12. The molecule has 0 saturated carbocycles. The summed E-state index contributed by atoms with van der Waals surface area (Å²) in [5, 5.41) is 10.1. The second-order valence-corrected chi connectivity index (χ2v) is 8.29. The average Bonchev–Trinajstić information content (AvgIpc) is 3.37. The van der Waals surface area contributed by atoms with Crippen LogP contribution in [-0.4, -0.2) is 31.7 Å². The van der Waals surface area contributed by atoms with E-state index in [-0.39, 0.29) is 0 Å². The molecule has 3 aromatic heterocycles. The minimum Gasteiger partial charge on any atom is -0.497 e. The quantitative estimate of drug-likeness (QED) is 0.389. The maximum Gasteiger partial charge on any atom is 0.249 e. The van der Waals surface area contributed by atoms with Crippen LogP contribution in [-0.2, 0) is 6.42 Å². The highest BCUT2D eigenvalue weighted by Crippen LogP contribution is 2.29. The first-order valence-electron chi connectivity index (χ1n) is 10.2. The summed E-state index contributed by atoms with van der Waals surface area (Å²) >= 11 is 1.54. The van der Waals surface area contributed by atoms with Gasteiger partial charge in [0.1, 0.15) is 17.4 Å². The normalized spacial score (nSPS) is 11.1. The van der Waals surface area contributed by atoms with E-state index in [4.69, 9.17) is 9.84 Å². The number of nitrogens with zero attached hydrogens (tertiary/aromatic N) is 5. The molecule has 2 aromatic carbocycles. The molecule has 0 aliphatic rings. The van der Waals surface area contributed by atoms with Crippen LogP contribution in [0.3, 0.4) is 0 Å². The van der Waals surface area contributed by atoms with Crippen LogP contribution < -0.4 is 10.1 Å². The number of hydrogen-bond acceptors (Lipinski definition) is 7. The van der Waals surface area contributed by atoms with Crippen molar-refractivity contribution < 1.29 is 4.74 Å². The summed E-state index contributed by atoms with van der Waals surface area (Å²) in [6, 6.07) is 18.2. The van der Waals surface area contributed by atoms with Crippen LogP contribution in [0.1, 0.15) is 22.6 Å². The number of aryl methyl sites for hydroxylation is 2. The molecule has 0 atom stereocenters. The molecule has 0 bridgehead atoms. The number of hydrogen-bond donors (Lipinski definition) is 1. The molecule has 0 fully saturated rings. The summed E-state index contributed by atoms with van der Waals surface area (Å²) in [5.74, 6) is 2.76. The van der Waals surface area contributed by atoms with Crippen molar-refractivity contribution in [3.05, 3.63) is 82.6 Å². The van der Waals surface area contributed by atoms with Gasteiger partial charge in [-0.05, 0) is 31.5 Å². The van der Waals surface area contributed by atoms with Gasteiger partial charge in [0.2, 0.25) is 10.9 Å². The fourth-order valence-electron chi connectivity index (χ4n) is 3.67. The summed E-state index contributed by atoms with van der Waals surface area (Å²) in [6.45, 7) is 3.91. The molecule has 0 unspecified atom stereocenters. The molecule has 0 saturated heterocycles. The molecule has 8 heteroatoms. The summed E-state index contributed by atoms with van der Waals surface area (Å²) in [5.41, 5.74) is 5.16. The Bertz CT molecular complexity index is 1390. The van der Waals surface area contributed by atoms with E-state index < -0.39 is 0 Å². The van der Waals surface area contributed by atoms with Gasteiger partial charge in [-0.25, -0.2) is 14.5 Å². The smallest absolute Gasteiger partial charge is 0.249 e. The number of thiazole rings is 1. The summed E-state index contributed by atoms with van der Waals surface area (Å²) < 4.78 is 7.21. The molecular weight excluding hydrogens is 420 g/mol. The zero-order chi connectivity index (χ0) is 22.1. The van der Waals surface area contributed by atoms with Gasteiger partial charge in [-0.15, -0.1) is 16.4 Å². The third-order valence-corrected chi connectivity index (χ3v) is 6.04. The van der Waals surface area contributed by atoms with Gasteiger partial charge in [-0.2, -0.15) is 4.98 Å². The lowest BCUT2D eigenvalue weighted by Crippen LogP contribution is -2.07. The summed E-state index contributed by atoms with van der Waals surface area (Å²) in [6.07, 6.45) is 0.729. The first-order valence-corrected chi connectivity index (χ1v) is 11.1. The third-order valence-electron chi connectivity index (χ3n) is 5.23. The molecule has 32 heavy (non-hydrogen) atoms. The monoisotopic (exact) mass is 442 g/mol. The highest BCUT2D eigenvalue weighted by molar-refractivity contribution is 7.15. The predicted molar refractivity (Wildman–Crippen MR) is 127 cm³/mol. The van der Waals surface area contributed by atoms with E-state index in [1.807, 2.05) is 66.2 Å². The number of aromatic nitrogens is 5. The summed E-state index contributed by atoms with van der Waals surface area (Å²) in [7, 11) is 1.67. The minimum absolute atomic E-state index is 0.507. The zero-order valence-electron chi connectivity index (χ0n) is 18.0. The number of rotatable bonds is 6. The van der Waals surface area contributed by atoms with Gasteiger partial charge in [0.15, 0.2) is 0 Å². The van der Waals surface area contributed by atoms with Gasteiger partial charge in [0.25, 0.3) is 0 Å². The predicted octanol–water partition coefficient (Wildman–Crippen LogP) is 5.21. The van der Waals surface area contributed by atoms with Crippen LogP contribution in [0.5, 0.6) is 5.75 Å². The van der Waals surface area contributed by atoms with E-state index in [1.165, 1.54) is 5.56 Å². The Labute approximate surface area is 189 Å². The first-order chi connectivity index (χ1) is 15.6. The van der Waals surface area contributed by atoms with Crippen LogP contribution in [0.2, 0.25) is 0 Å². The van der Waals surface area contributed by atoms with Crippen molar-refractivity contribution in [3.8, 4) is 17.0 Å². The van der Waals surface area contributed by atoms with Gasteiger partial charge in [0.05, 0.1) is 12.8 Å². The van der Waals surface area contributed by atoms with Crippen molar-refractivity contribution in [2.75, 3.05) is 12.4 Å². The fraction of sp³-hybridized carbons (Fsp3) is 0.167. The number of ether oxygens (including phenoxy) is 1. The lowest BCUT2D eigenvalue weighted by molar-refractivity contribution is 0.415. The van der Waals surface area contributed by atoms with Crippen molar-refractivity contribution in [3.63, 3.8) is 0 Å². The molecule has 7 nitrogen and oxygen atoms in total. The van der Waals surface area contributed by atoms with Gasteiger partial charge >= 0.3 is 0 Å².